The molecule has 24 heavy (non-hydrogen) atoms. The van der Waals surface area contributed by atoms with Gasteiger partial charge in [0.2, 0.25) is 0 Å². The first-order valence-corrected chi connectivity index (χ1v) is 8.75. The van der Waals surface area contributed by atoms with Crippen molar-refractivity contribution in [1.29, 1.82) is 0 Å². The van der Waals surface area contributed by atoms with E-state index in [-0.39, 0.29) is 0 Å². The zero-order valence-corrected chi connectivity index (χ0v) is 15.1. The molecule has 1 aromatic carbocycles. The summed E-state index contributed by atoms with van der Waals surface area (Å²) in [6, 6.07) is 8.09. The average molecular weight is 342 g/mol. The lowest BCUT2D eigenvalue weighted by Crippen LogP contribution is -2.17. The third-order valence-electron chi connectivity index (χ3n) is 3.63. The highest BCUT2D eigenvalue weighted by atomic mass is 32.1. The van der Waals surface area contributed by atoms with E-state index in [1.165, 1.54) is 11.1 Å². The van der Waals surface area contributed by atoms with Crippen LogP contribution in [0.1, 0.15) is 21.8 Å². The number of ether oxygens (including phenoxy) is 1. The van der Waals surface area contributed by atoms with Crippen LogP contribution in [0.15, 0.2) is 42.0 Å². The van der Waals surface area contributed by atoms with Crippen molar-refractivity contribution in [3.05, 3.63) is 63.9 Å². The highest BCUT2D eigenvalue weighted by Gasteiger charge is 2.08. The van der Waals surface area contributed by atoms with Crippen LogP contribution in [0.5, 0.6) is 5.75 Å². The quantitative estimate of drug-likeness (QED) is 0.660. The van der Waals surface area contributed by atoms with Crippen molar-refractivity contribution in [2.45, 2.75) is 26.6 Å². The first-order chi connectivity index (χ1) is 11.6. The molecule has 0 aliphatic carbocycles. The molecule has 5 nitrogen and oxygen atoms in total. The van der Waals surface area contributed by atoms with Gasteiger partial charge in [-0.1, -0.05) is 17.7 Å². The lowest BCUT2D eigenvalue weighted by Gasteiger charge is -2.13. The van der Waals surface area contributed by atoms with Gasteiger partial charge in [-0.2, -0.15) is 5.10 Å². The number of hydrogen-bond donors (Lipinski definition) is 0. The molecular formula is C18H22N4OS. The van der Waals surface area contributed by atoms with Crippen molar-refractivity contribution in [3.63, 3.8) is 0 Å². The molecule has 2 aromatic heterocycles. The predicted molar refractivity (Wildman–Crippen MR) is 96.0 cm³/mol. The van der Waals surface area contributed by atoms with Crippen LogP contribution < -0.4 is 4.74 Å². The minimum Gasteiger partial charge on any atom is -0.486 e. The Hall–Kier alpha value is -2.18. The summed E-state index contributed by atoms with van der Waals surface area (Å²) in [4.78, 5) is 6.89. The number of nitrogens with zero attached hydrogens (tertiary/aromatic N) is 4. The Balaban J connectivity index is 1.50. The minimum atomic E-state index is 0.514. The van der Waals surface area contributed by atoms with Gasteiger partial charge in [0, 0.05) is 37.3 Å². The molecule has 3 rings (SSSR count). The maximum atomic E-state index is 5.79. The maximum Gasteiger partial charge on any atom is 0.140 e. The summed E-state index contributed by atoms with van der Waals surface area (Å²) >= 11 is 1.65. The standard InChI is InChI=1S/C18H22N4OS/c1-14-4-6-17(7-5-14)23-12-18-20-16(13-24-18)11-21(2)9-15-8-19-22(3)10-15/h4-8,10,13H,9,11-12H2,1-3H3. The van der Waals surface area contributed by atoms with E-state index in [1.54, 1.807) is 11.3 Å². The monoisotopic (exact) mass is 342 g/mol. The lowest BCUT2D eigenvalue weighted by molar-refractivity contribution is 0.301. The van der Waals surface area contributed by atoms with Crippen LogP contribution in [-0.4, -0.2) is 26.7 Å². The number of aryl methyl sites for hydroxylation is 2. The van der Waals surface area contributed by atoms with Gasteiger partial charge in [-0.3, -0.25) is 9.58 Å². The topological polar surface area (TPSA) is 43.2 Å². The fourth-order valence-electron chi connectivity index (χ4n) is 2.47. The molecule has 0 atom stereocenters. The molecule has 0 saturated heterocycles. The van der Waals surface area contributed by atoms with Crippen molar-refractivity contribution in [3.8, 4) is 5.75 Å². The van der Waals surface area contributed by atoms with Crippen molar-refractivity contribution in [2.75, 3.05) is 7.05 Å². The van der Waals surface area contributed by atoms with Gasteiger partial charge in [0.25, 0.3) is 0 Å². The first-order valence-electron chi connectivity index (χ1n) is 7.87. The summed E-state index contributed by atoms with van der Waals surface area (Å²) in [5.74, 6) is 0.881. The smallest absolute Gasteiger partial charge is 0.140 e. The van der Waals surface area contributed by atoms with Gasteiger partial charge in [0.05, 0.1) is 11.9 Å². The van der Waals surface area contributed by atoms with E-state index >= 15 is 0 Å². The molecule has 126 valence electrons. The van der Waals surface area contributed by atoms with Crippen LogP contribution in [-0.2, 0) is 26.7 Å². The van der Waals surface area contributed by atoms with E-state index in [0.717, 1.165) is 29.5 Å². The molecule has 0 bridgehead atoms. The van der Waals surface area contributed by atoms with Gasteiger partial charge in [-0.05, 0) is 26.1 Å². The van der Waals surface area contributed by atoms with E-state index < -0.39 is 0 Å². The third-order valence-corrected chi connectivity index (χ3v) is 4.50. The van der Waals surface area contributed by atoms with Crippen molar-refractivity contribution < 1.29 is 4.74 Å². The summed E-state index contributed by atoms with van der Waals surface area (Å²) in [6.07, 6.45) is 3.94. The Labute approximate surface area is 146 Å². The van der Waals surface area contributed by atoms with Gasteiger partial charge in [0.15, 0.2) is 0 Å². The van der Waals surface area contributed by atoms with Crippen molar-refractivity contribution >= 4 is 11.3 Å². The highest BCUT2D eigenvalue weighted by molar-refractivity contribution is 7.09. The van der Waals surface area contributed by atoms with Gasteiger partial charge in [-0.25, -0.2) is 4.98 Å². The van der Waals surface area contributed by atoms with E-state index in [4.69, 9.17) is 4.74 Å². The van der Waals surface area contributed by atoms with E-state index in [0.29, 0.717) is 6.61 Å². The second-order valence-electron chi connectivity index (χ2n) is 6.03. The van der Waals surface area contributed by atoms with Crippen molar-refractivity contribution in [1.82, 2.24) is 19.7 Å². The molecule has 0 amide bonds. The summed E-state index contributed by atoms with van der Waals surface area (Å²) in [7, 11) is 4.03. The highest BCUT2D eigenvalue weighted by Crippen LogP contribution is 2.17. The third kappa shape index (κ3) is 4.66. The molecule has 3 aromatic rings. The fraction of sp³-hybridized carbons (Fsp3) is 0.333. The van der Waals surface area contributed by atoms with Crippen molar-refractivity contribution in [2.24, 2.45) is 7.05 Å². The van der Waals surface area contributed by atoms with E-state index in [2.05, 4.69) is 46.5 Å². The number of aromatic nitrogens is 3. The summed E-state index contributed by atoms with van der Waals surface area (Å²) in [5.41, 5.74) is 3.52. The first kappa shape index (κ1) is 16.7. The van der Waals surface area contributed by atoms with E-state index in [9.17, 15) is 0 Å². The van der Waals surface area contributed by atoms with E-state index in [1.807, 2.05) is 36.3 Å². The average Bonchev–Trinajstić information content (AvgIpc) is 3.16. The van der Waals surface area contributed by atoms with Gasteiger partial charge < -0.3 is 4.74 Å². The molecular weight excluding hydrogens is 320 g/mol. The largest absolute Gasteiger partial charge is 0.486 e. The van der Waals surface area contributed by atoms with Crippen LogP contribution in [0.4, 0.5) is 0 Å². The fourth-order valence-corrected chi connectivity index (χ4v) is 3.16. The summed E-state index contributed by atoms with van der Waals surface area (Å²) in [5, 5.41) is 7.30. The Morgan fingerprint density at radius 2 is 2.00 bits per heavy atom. The van der Waals surface area contributed by atoms with Crippen LogP contribution in [0.25, 0.3) is 0 Å². The zero-order valence-electron chi connectivity index (χ0n) is 14.3. The molecule has 0 aliphatic heterocycles. The van der Waals surface area contributed by atoms with Crippen LogP contribution in [0.3, 0.4) is 0 Å². The molecule has 2 heterocycles. The predicted octanol–water partition coefficient (Wildman–Crippen LogP) is 3.40. The number of thiazole rings is 1. The summed E-state index contributed by atoms with van der Waals surface area (Å²) in [6.45, 7) is 4.26. The molecule has 0 unspecified atom stereocenters. The second kappa shape index (κ2) is 7.59. The minimum absolute atomic E-state index is 0.514. The zero-order chi connectivity index (χ0) is 16.9. The Morgan fingerprint density at radius 1 is 1.21 bits per heavy atom. The van der Waals surface area contributed by atoms with Gasteiger partial charge in [0.1, 0.15) is 17.4 Å². The maximum absolute atomic E-state index is 5.79. The normalized spacial score (nSPS) is 11.2. The van der Waals surface area contributed by atoms with Crippen LogP contribution in [0, 0.1) is 6.92 Å². The van der Waals surface area contributed by atoms with Gasteiger partial charge >= 0.3 is 0 Å². The number of benzene rings is 1. The van der Waals surface area contributed by atoms with Gasteiger partial charge in [-0.15, -0.1) is 11.3 Å². The molecule has 0 fully saturated rings. The number of hydrogen-bond acceptors (Lipinski definition) is 5. The Kier molecular flexibility index (Phi) is 5.27. The summed E-state index contributed by atoms with van der Waals surface area (Å²) < 4.78 is 7.61. The molecule has 6 heteroatoms. The molecule has 0 N–H and O–H groups in total. The molecule has 0 aliphatic rings. The number of rotatable bonds is 7. The Bertz CT molecular complexity index is 778. The Morgan fingerprint density at radius 3 is 2.71 bits per heavy atom. The second-order valence-corrected chi connectivity index (χ2v) is 6.97. The molecule has 0 spiro atoms. The van der Waals surface area contributed by atoms with Crippen LogP contribution >= 0.6 is 11.3 Å². The molecule has 0 saturated carbocycles. The SMILES string of the molecule is Cc1ccc(OCc2nc(CN(C)Cc3cnn(C)c3)cs2)cc1. The van der Waals surface area contributed by atoms with Crippen LogP contribution in [0.2, 0.25) is 0 Å². The molecule has 0 radical (unpaired) electrons. The lowest BCUT2D eigenvalue weighted by atomic mass is 10.2.